The van der Waals surface area contributed by atoms with Crippen LogP contribution in [0, 0.1) is 11.3 Å². The number of thiophene rings is 1. The van der Waals surface area contributed by atoms with Crippen molar-refractivity contribution in [3.8, 4) is 6.07 Å². The normalized spacial score (nSPS) is 9.83. The van der Waals surface area contributed by atoms with Gasteiger partial charge in [0.25, 0.3) is 5.91 Å². The lowest BCUT2D eigenvalue weighted by atomic mass is 10.2. The molecule has 0 saturated carbocycles. The summed E-state index contributed by atoms with van der Waals surface area (Å²) in [7, 11) is 0. The molecule has 7 heteroatoms. The smallest absolute Gasteiger partial charge is 0.257 e. The second-order valence-electron chi connectivity index (χ2n) is 3.23. The number of hydrogen-bond acceptors (Lipinski definition) is 4. The number of nitrogens with zero attached hydrogens (tertiary/aromatic N) is 2. The summed E-state index contributed by atoms with van der Waals surface area (Å²) in [4.78, 5) is 15.7. The number of halogens is 2. The molecule has 0 spiro atoms. The van der Waals surface area contributed by atoms with Gasteiger partial charge in [-0.3, -0.25) is 4.79 Å². The average Bonchev–Trinajstić information content (AvgIpc) is 2.79. The molecule has 0 bridgehead atoms. The van der Waals surface area contributed by atoms with Gasteiger partial charge in [-0.2, -0.15) is 5.26 Å². The van der Waals surface area contributed by atoms with Crippen LogP contribution in [-0.4, -0.2) is 10.9 Å². The van der Waals surface area contributed by atoms with Crippen LogP contribution in [0.25, 0.3) is 0 Å². The van der Waals surface area contributed by atoms with Crippen LogP contribution in [-0.2, 0) is 0 Å². The first-order chi connectivity index (χ1) is 8.61. The van der Waals surface area contributed by atoms with Crippen molar-refractivity contribution in [2.24, 2.45) is 0 Å². The Kier molecular flexibility index (Phi) is 3.82. The van der Waals surface area contributed by atoms with Gasteiger partial charge in [0.05, 0.1) is 16.1 Å². The van der Waals surface area contributed by atoms with Crippen molar-refractivity contribution < 1.29 is 4.79 Å². The molecular weight excluding hydrogens is 293 g/mol. The molecule has 90 valence electrons. The van der Waals surface area contributed by atoms with Gasteiger partial charge in [-0.15, -0.1) is 11.3 Å². The summed E-state index contributed by atoms with van der Waals surface area (Å²) in [6.45, 7) is 0. The molecule has 0 aromatic carbocycles. The second-order valence-corrected chi connectivity index (χ2v) is 4.91. The maximum atomic E-state index is 11.9. The Balaban J connectivity index is 2.23. The van der Waals surface area contributed by atoms with Crippen molar-refractivity contribution in [2.45, 2.75) is 0 Å². The number of anilines is 1. The summed E-state index contributed by atoms with van der Waals surface area (Å²) in [6, 6.07) is 5.04. The van der Waals surface area contributed by atoms with E-state index in [0.29, 0.717) is 10.6 Å². The summed E-state index contributed by atoms with van der Waals surface area (Å²) in [5.74, 6) is -0.389. The first-order valence-corrected chi connectivity index (χ1v) is 6.35. The maximum Gasteiger partial charge on any atom is 0.257 e. The first-order valence-electron chi connectivity index (χ1n) is 4.72. The molecule has 0 unspecified atom stereocenters. The van der Waals surface area contributed by atoms with Crippen molar-refractivity contribution in [3.63, 3.8) is 0 Å². The third-order valence-corrected chi connectivity index (χ3v) is 3.59. The summed E-state index contributed by atoms with van der Waals surface area (Å²) >= 11 is 12.7. The molecule has 2 aromatic rings. The van der Waals surface area contributed by atoms with Crippen molar-refractivity contribution in [2.75, 3.05) is 5.32 Å². The molecule has 2 aromatic heterocycles. The number of nitrogens with one attached hydrogen (secondary N) is 1. The minimum Gasteiger partial charge on any atom is -0.312 e. The van der Waals surface area contributed by atoms with Gasteiger partial charge in [-0.25, -0.2) is 4.98 Å². The molecule has 0 aliphatic heterocycles. The molecule has 4 nitrogen and oxygen atoms in total. The lowest BCUT2D eigenvalue weighted by Crippen LogP contribution is -2.12. The standard InChI is InChI=1S/C11H5Cl2N3OS/c12-8-3-7(5-15-9(8)13)10(17)16-11-6(4-14)1-2-18-11/h1-3,5H,(H,16,17). The summed E-state index contributed by atoms with van der Waals surface area (Å²) in [6.07, 6.45) is 1.32. The number of nitriles is 1. The van der Waals surface area contributed by atoms with E-state index in [0.717, 1.165) is 0 Å². The fourth-order valence-electron chi connectivity index (χ4n) is 1.21. The largest absolute Gasteiger partial charge is 0.312 e. The van der Waals surface area contributed by atoms with Gasteiger partial charge in [-0.05, 0) is 17.5 Å². The predicted octanol–water partition coefficient (Wildman–Crippen LogP) is 3.57. The third kappa shape index (κ3) is 2.62. The van der Waals surface area contributed by atoms with Crippen LogP contribution in [0.4, 0.5) is 5.00 Å². The SMILES string of the molecule is N#Cc1ccsc1NC(=O)c1cnc(Cl)c(Cl)c1. The van der Waals surface area contributed by atoms with Gasteiger partial charge >= 0.3 is 0 Å². The van der Waals surface area contributed by atoms with Crippen molar-refractivity contribution in [1.29, 1.82) is 5.26 Å². The molecule has 0 saturated heterocycles. The zero-order chi connectivity index (χ0) is 13.1. The molecule has 2 heterocycles. The second kappa shape index (κ2) is 5.36. The summed E-state index contributed by atoms with van der Waals surface area (Å²) < 4.78 is 0. The predicted molar refractivity (Wildman–Crippen MR) is 71.2 cm³/mol. The average molecular weight is 298 g/mol. The number of pyridine rings is 1. The molecule has 2 rings (SSSR count). The number of rotatable bonds is 2. The molecule has 0 aliphatic rings. The van der Waals surface area contributed by atoms with Crippen LogP contribution in [0.3, 0.4) is 0 Å². The molecule has 0 atom stereocenters. The fourth-order valence-corrected chi connectivity index (χ4v) is 2.22. The monoisotopic (exact) mass is 297 g/mol. The van der Waals surface area contributed by atoms with Crippen LogP contribution in [0.1, 0.15) is 15.9 Å². The van der Waals surface area contributed by atoms with E-state index >= 15 is 0 Å². The third-order valence-electron chi connectivity index (χ3n) is 2.07. The molecule has 18 heavy (non-hydrogen) atoms. The van der Waals surface area contributed by atoms with E-state index in [2.05, 4.69) is 10.3 Å². The molecular formula is C11H5Cl2N3OS. The van der Waals surface area contributed by atoms with Gasteiger partial charge in [-0.1, -0.05) is 23.2 Å². The van der Waals surface area contributed by atoms with E-state index in [1.54, 1.807) is 11.4 Å². The molecule has 1 amide bonds. The lowest BCUT2D eigenvalue weighted by molar-refractivity contribution is 0.102. The van der Waals surface area contributed by atoms with E-state index in [1.165, 1.54) is 23.6 Å². The number of aromatic nitrogens is 1. The molecule has 0 radical (unpaired) electrons. The molecule has 1 N–H and O–H groups in total. The van der Waals surface area contributed by atoms with Crippen molar-refractivity contribution >= 4 is 45.4 Å². The Morgan fingerprint density at radius 1 is 1.50 bits per heavy atom. The Morgan fingerprint density at radius 3 is 2.94 bits per heavy atom. The summed E-state index contributed by atoms with van der Waals surface area (Å²) in [5.41, 5.74) is 0.697. The van der Waals surface area contributed by atoms with E-state index in [1.807, 2.05) is 6.07 Å². The Hall–Kier alpha value is -1.61. The highest BCUT2D eigenvalue weighted by atomic mass is 35.5. The highest BCUT2D eigenvalue weighted by Gasteiger charge is 2.12. The zero-order valence-corrected chi connectivity index (χ0v) is 11.1. The Bertz CT molecular complexity index is 648. The van der Waals surface area contributed by atoms with E-state index in [9.17, 15) is 4.79 Å². The van der Waals surface area contributed by atoms with Gasteiger partial charge < -0.3 is 5.32 Å². The van der Waals surface area contributed by atoms with Gasteiger partial charge in [0, 0.05) is 6.20 Å². The van der Waals surface area contributed by atoms with Gasteiger partial charge in [0.15, 0.2) is 0 Å². The molecule has 0 aliphatic carbocycles. The molecule has 0 fully saturated rings. The van der Waals surface area contributed by atoms with E-state index in [-0.39, 0.29) is 21.6 Å². The van der Waals surface area contributed by atoms with E-state index in [4.69, 9.17) is 28.5 Å². The van der Waals surface area contributed by atoms with Gasteiger partial charge in [0.1, 0.15) is 16.2 Å². The van der Waals surface area contributed by atoms with Crippen LogP contribution < -0.4 is 5.32 Å². The zero-order valence-electron chi connectivity index (χ0n) is 8.78. The van der Waals surface area contributed by atoms with Crippen LogP contribution in [0.15, 0.2) is 23.7 Å². The van der Waals surface area contributed by atoms with Crippen molar-refractivity contribution in [1.82, 2.24) is 4.98 Å². The summed E-state index contributed by atoms with van der Waals surface area (Å²) in [5, 5.41) is 14.0. The van der Waals surface area contributed by atoms with Crippen LogP contribution in [0.2, 0.25) is 10.2 Å². The van der Waals surface area contributed by atoms with Crippen LogP contribution in [0.5, 0.6) is 0 Å². The minimum atomic E-state index is -0.389. The topological polar surface area (TPSA) is 65.8 Å². The van der Waals surface area contributed by atoms with Crippen molar-refractivity contribution in [3.05, 3.63) is 45.0 Å². The number of amides is 1. The Morgan fingerprint density at radius 2 is 2.28 bits per heavy atom. The highest BCUT2D eigenvalue weighted by Crippen LogP contribution is 2.24. The first kappa shape index (κ1) is 12.8. The minimum absolute atomic E-state index is 0.141. The Labute approximate surface area is 117 Å². The van der Waals surface area contributed by atoms with E-state index < -0.39 is 0 Å². The lowest BCUT2D eigenvalue weighted by Gasteiger charge is -2.03. The number of carbonyl (C=O) groups excluding carboxylic acids is 1. The fraction of sp³-hybridized carbons (Fsp3) is 0. The highest BCUT2D eigenvalue weighted by molar-refractivity contribution is 7.14. The van der Waals surface area contributed by atoms with Crippen LogP contribution >= 0.6 is 34.5 Å². The maximum absolute atomic E-state index is 11.9. The quantitative estimate of drug-likeness (QED) is 0.862. The number of carbonyl (C=O) groups is 1. The number of hydrogen-bond donors (Lipinski definition) is 1. The van der Waals surface area contributed by atoms with Gasteiger partial charge in [0.2, 0.25) is 0 Å².